The monoisotopic (exact) mass is 478 g/mol. The molecule has 4 aromatic carbocycles. The minimum absolute atomic E-state index is 0.135. The summed E-state index contributed by atoms with van der Waals surface area (Å²) in [6.07, 6.45) is 1.23. The molecular weight excluding hydrogens is 452 g/mol. The Morgan fingerprint density at radius 3 is 2.06 bits per heavy atom. The topological polar surface area (TPSA) is 84.4 Å². The highest BCUT2D eigenvalue weighted by atomic mass is 16.5. The number of hydrogen-bond acceptors (Lipinski definition) is 5. The molecule has 0 unspecified atom stereocenters. The number of piperidine rings is 1. The van der Waals surface area contributed by atoms with Gasteiger partial charge in [-0.3, -0.25) is 4.79 Å². The van der Waals surface area contributed by atoms with Gasteiger partial charge in [-0.25, -0.2) is 14.8 Å². The molecule has 1 aliphatic rings. The van der Waals surface area contributed by atoms with Crippen LogP contribution in [0.5, 0.6) is 0 Å². The number of hydrogen-bond donors (Lipinski definition) is 1. The highest BCUT2D eigenvalue weighted by Crippen LogP contribution is 2.34. The van der Waals surface area contributed by atoms with Gasteiger partial charge < -0.3 is 15.0 Å². The Hall–Kier alpha value is -4.26. The first-order valence-electron chi connectivity index (χ1n) is 12.4. The molecule has 7 nitrogen and oxygen atoms in total. The van der Waals surface area contributed by atoms with Crippen LogP contribution in [0.25, 0.3) is 43.6 Å². The summed E-state index contributed by atoms with van der Waals surface area (Å²) in [5, 5.41) is 7.42. The summed E-state index contributed by atoms with van der Waals surface area (Å²) in [6, 6.07) is 22.0. The third-order valence-corrected chi connectivity index (χ3v) is 6.97. The SMILES string of the molecule is CCOC(=O)C1CCN(C(=O)Nc2ccc3nc4c5ccccc5c5ccccc5c4nc3c2)CC1. The van der Waals surface area contributed by atoms with Gasteiger partial charge in [-0.2, -0.15) is 0 Å². The van der Waals surface area contributed by atoms with Crippen molar-refractivity contribution in [3.05, 3.63) is 66.7 Å². The maximum absolute atomic E-state index is 12.9. The third-order valence-electron chi connectivity index (χ3n) is 6.97. The van der Waals surface area contributed by atoms with E-state index in [0.29, 0.717) is 38.2 Å². The number of aromatic nitrogens is 2. The lowest BCUT2D eigenvalue weighted by Gasteiger charge is -2.30. The van der Waals surface area contributed by atoms with Crippen LogP contribution in [0.1, 0.15) is 19.8 Å². The summed E-state index contributed by atoms with van der Waals surface area (Å²) in [5.41, 5.74) is 3.89. The number of carbonyl (C=O) groups excluding carboxylic acids is 2. The fraction of sp³-hybridized carbons (Fsp3) is 0.241. The van der Waals surface area contributed by atoms with Crippen LogP contribution in [0.4, 0.5) is 10.5 Å². The van der Waals surface area contributed by atoms with Crippen molar-refractivity contribution in [2.24, 2.45) is 5.92 Å². The van der Waals surface area contributed by atoms with E-state index < -0.39 is 0 Å². The molecule has 7 heteroatoms. The van der Waals surface area contributed by atoms with Crippen LogP contribution in [0.2, 0.25) is 0 Å². The average molecular weight is 479 g/mol. The Morgan fingerprint density at radius 1 is 0.861 bits per heavy atom. The second-order valence-corrected chi connectivity index (χ2v) is 9.16. The second-order valence-electron chi connectivity index (χ2n) is 9.16. The van der Waals surface area contributed by atoms with E-state index in [1.807, 2.05) is 49.4 Å². The fourth-order valence-corrected chi connectivity index (χ4v) is 5.14. The molecule has 0 spiro atoms. The molecule has 1 aromatic heterocycles. The van der Waals surface area contributed by atoms with Gasteiger partial charge in [-0.1, -0.05) is 48.5 Å². The summed E-state index contributed by atoms with van der Waals surface area (Å²) in [6.45, 7) is 3.23. The number of amides is 2. The minimum Gasteiger partial charge on any atom is -0.466 e. The van der Waals surface area contributed by atoms with Crippen molar-refractivity contribution in [2.45, 2.75) is 19.8 Å². The van der Waals surface area contributed by atoms with Crippen LogP contribution in [0.3, 0.4) is 0 Å². The largest absolute Gasteiger partial charge is 0.466 e. The van der Waals surface area contributed by atoms with Crippen LogP contribution >= 0.6 is 0 Å². The minimum atomic E-state index is -0.179. The van der Waals surface area contributed by atoms with E-state index in [1.54, 1.807) is 4.90 Å². The summed E-state index contributed by atoms with van der Waals surface area (Å²) in [4.78, 5) is 36.6. The molecule has 0 radical (unpaired) electrons. The van der Waals surface area contributed by atoms with Gasteiger partial charge in [0, 0.05) is 29.5 Å². The fourth-order valence-electron chi connectivity index (χ4n) is 5.14. The smallest absolute Gasteiger partial charge is 0.321 e. The van der Waals surface area contributed by atoms with Crippen molar-refractivity contribution in [3.63, 3.8) is 0 Å². The molecule has 1 aliphatic heterocycles. The van der Waals surface area contributed by atoms with E-state index in [0.717, 1.165) is 43.6 Å². The van der Waals surface area contributed by atoms with Gasteiger partial charge in [-0.05, 0) is 48.7 Å². The molecule has 36 heavy (non-hydrogen) atoms. The Bertz CT molecular complexity index is 1640. The normalized spacial score (nSPS) is 14.5. The predicted octanol–water partition coefficient (Wildman–Crippen LogP) is 5.90. The van der Waals surface area contributed by atoms with Gasteiger partial charge in [0.25, 0.3) is 0 Å². The summed E-state index contributed by atoms with van der Waals surface area (Å²) >= 11 is 0. The summed E-state index contributed by atoms with van der Waals surface area (Å²) in [7, 11) is 0. The average Bonchev–Trinajstić information content (AvgIpc) is 2.92. The highest BCUT2D eigenvalue weighted by Gasteiger charge is 2.28. The van der Waals surface area contributed by atoms with Crippen molar-refractivity contribution in [2.75, 3.05) is 25.0 Å². The van der Waals surface area contributed by atoms with Gasteiger partial charge >= 0.3 is 12.0 Å². The van der Waals surface area contributed by atoms with E-state index in [1.165, 1.54) is 0 Å². The first-order valence-corrected chi connectivity index (χ1v) is 12.4. The maximum Gasteiger partial charge on any atom is 0.321 e. The molecule has 6 rings (SSSR count). The van der Waals surface area contributed by atoms with E-state index in [4.69, 9.17) is 14.7 Å². The number of nitrogens with one attached hydrogen (secondary N) is 1. The van der Waals surface area contributed by atoms with E-state index in [2.05, 4.69) is 29.6 Å². The molecule has 0 bridgehead atoms. The number of nitrogens with zero attached hydrogens (tertiary/aromatic N) is 3. The molecule has 0 atom stereocenters. The number of likely N-dealkylation sites (tertiary alicyclic amines) is 1. The van der Waals surface area contributed by atoms with Crippen molar-refractivity contribution in [3.8, 4) is 0 Å². The lowest BCUT2D eigenvalue weighted by atomic mass is 9.97. The number of benzene rings is 4. The molecule has 5 aromatic rings. The molecule has 2 heterocycles. The Kier molecular flexibility index (Phi) is 5.60. The zero-order valence-corrected chi connectivity index (χ0v) is 20.0. The van der Waals surface area contributed by atoms with Crippen LogP contribution in [0.15, 0.2) is 66.7 Å². The number of carbonyl (C=O) groups is 2. The molecule has 1 fully saturated rings. The number of ether oxygens (including phenoxy) is 1. The Morgan fingerprint density at radius 2 is 1.44 bits per heavy atom. The summed E-state index contributed by atoms with van der Waals surface area (Å²) in [5.74, 6) is -0.303. The van der Waals surface area contributed by atoms with E-state index in [-0.39, 0.29) is 17.9 Å². The van der Waals surface area contributed by atoms with Crippen LogP contribution in [-0.2, 0) is 9.53 Å². The molecule has 0 aliphatic carbocycles. The van der Waals surface area contributed by atoms with E-state index >= 15 is 0 Å². The van der Waals surface area contributed by atoms with Gasteiger partial charge in [-0.15, -0.1) is 0 Å². The molecule has 180 valence electrons. The van der Waals surface area contributed by atoms with Crippen molar-refractivity contribution < 1.29 is 14.3 Å². The number of anilines is 1. The number of rotatable bonds is 3. The van der Waals surface area contributed by atoms with Gasteiger partial charge in [0.15, 0.2) is 0 Å². The quantitative estimate of drug-likeness (QED) is 0.198. The van der Waals surface area contributed by atoms with Crippen LogP contribution < -0.4 is 5.32 Å². The number of urea groups is 1. The maximum atomic E-state index is 12.9. The molecule has 0 saturated carbocycles. The van der Waals surface area contributed by atoms with Crippen LogP contribution in [0, 0.1) is 5.92 Å². The van der Waals surface area contributed by atoms with Gasteiger partial charge in [0.2, 0.25) is 0 Å². The lowest BCUT2D eigenvalue weighted by Crippen LogP contribution is -2.42. The van der Waals surface area contributed by atoms with E-state index in [9.17, 15) is 9.59 Å². The third kappa shape index (κ3) is 3.86. The predicted molar refractivity (Wildman–Crippen MR) is 142 cm³/mol. The van der Waals surface area contributed by atoms with Gasteiger partial charge in [0.05, 0.1) is 34.6 Å². The highest BCUT2D eigenvalue weighted by molar-refractivity contribution is 6.23. The molecule has 2 amide bonds. The van der Waals surface area contributed by atoms with Crippen molar-refractivity contribution in [1.29, 1.82) is 0 Å². The number of esters is 1. The molecular formula is C29H26N4O3. The zero-order valence-electron chi connectivity index (χ0n) is 20.0. The van der Waals surface area contributed by atoms with Gasteiger partial charge in [0.1, 0.15) is 0 Å². The Labute approximate surface area is 208 Å². The number of fused-ring (bicyclic) bond motifs is 7. The van der Waals surface area contributed by atoms with Crippen molar-refractivity contribution in [1.82, 2.24) is 14.9 Å². The lowest BCUT2D eigenvalue weighted by molar-refractivity contribution is -0.149. The molecule has 1 N–H and O–H groups in total. The Balaban J connectivity index is 1.31. The zero-order chi connectivity index (χ0) is 24.6. The molecule has 1 saturated heterocycles. The van der Waals surface area contributed by atoms with Crippen LogP contribution in [-0.4, -0.2) is 46.6 Å². The van der Waals surface area contributed by atoms with Crippen molar-refractivity contribution >= 4 is 61.3 Å². The first kappa shape index (κ1) is 22.2. The standard InChI is InChI=1S/C29H26N4O3/c1-2-36-28(34)18-13-15-33(16-14-18)29(35)30-19-11-12-24-25(17-19)32-27-23-10-6-4-8-21(23)20-7-3-5-9-22(20)26(27)31-24/h3-12,17-18H,2,13-16H2,1H3,(H,30,35). The second kappa shape index (κ2) is 9.07. The summed E-state index contributed by atoms with van der Waals surface area (Å²) < 4.78 is 5.12. The first-order chi connectivity index (χ1) is 17.6.